The molecule has 1 aromatic carbocycles. The highest BCUT2D eigenvalue weighted by atomic mass is 19.1. The van der Waals surface area contributed by atoms with Crippen molar-refractivity contribution in [2.24, 2.45) is 0 Å². The second-order valence-electron chi connectivity index (χ2n) is 4.67. The maximum atomic E-state index is 13.1. The summed E-state index contributed by atoms with van der Waals surface area (Å²) < 4.78 is 18.7. The molecule has 0 radical (unpaired) electrons. The van der Waals surface area contributed by atoms with Gasteiger partial charge in [-0.25, -0.2) is 4.39 Å². The molecular weight excluding hydrogens is 219 g/mol. The molecular formula is C13H19FN2O. The van der Waals surface area contributed by atoms with Crippen LogP contribution in [-0.4, -0.2) is 31.2 Å². The first-order chi connectivity index (χ1) is 8.15. The number of benzene rings is 1. The van der Waals surface area contributed by atoms with Gasteiger partial charge in [0, 0.05) is 25.4 Å². The van der Waals surface area contributed by atoms with Gasteiger partial charge in [0.2, 0.25) is 0 Å². The topological polar surface area (TPSA) is 38.5 Å². The molecule has 4 heteroatoms. The van der Waals surface area contributed by atoms with Crippen LogP contribution < -0.4 is 5.73 Å². The number of nitrogens with zero attached hydrogens (tertiary/aromatic N) is 1. The molecule has 1 aliphatic rings. The fraction of sp³-hybridized carbons (Fsp3) is 0.538. The minimum atomic E-state index is -0.236. The van der Waals surface area contributed by atoms with Gasteiger partial charge in [0.25, 0.3) is 0 Å². The van der Waals surface area contributed by atoms with Gasteiger partial charge in [-0.2, -0.15) is 0 Å². The normalized spacial score (nSPS) is 20.1. The molecule has 1 fully saturated rings. The van der Waals surface area contributed by atoms with Gasteiger partial charge >= 0.3 is 0 Å². The molecule has 1 aliphatic heterocycles. The molecule has 2 rings (SSSR count). The monoisotopic (exact) mass is 238 g/mol. The van der Waals surface area contributed by atoms with Crippen molar-refractivity contribution >= 4 is 5.69 Å². The summed E-state index contributed by atoms with van der Waals surface area (Å²) in [6, 6.07) is 4.50. The van der Waals surface area contributed by atoms with Crippen molar-refractivity contribution in [3.63, 3.8) is 0 Å². The van der Waals surface area contributed by atoms with Crippen LogP contribution in [0.4, 0.5) is 10.1 Å². The van der Waals surface area contributed by atoms with E-state index in [1.807, 2.05) is 7.05 Å². The van der Waals surface area contributed by atoms with Gasteiger partial charge in [-0.3, -0.25) is 4.90 Å². The fourth-order valence-electron chi connectivity index (χ4n) is 2.20. The molecule has 17 heavy (non-hydrogen) atoms. The second-order valence-corrected chi connectivity index (χ2v) is 4.67. The van der Waals surface area contributed by atoms with Crippen molar-refractivity contribution in [3.8, 4) is 0 Å². The Morgan fingerprint density at radius 3 is 3.06 bits per heavy atom. The van der Waals surface area contributed by atoms with Gasteiger partial charge in [-0.1, -0.05) is 0 Å². The number of rotatable bonds is 4. The predicted molar refractivity (Wildman–Crippen MR) is 66.1 cm³/mol. The molecule has 94 valence electrons. The van der Waals surface area contributed by atoms with E-state index >= 15 is 0 Å². The van der Waals surface area contributed by atoms with Crippen LogP contribution in [0.3, 0.4) is 0 Å². The Hall–Kier alpha value is -1.13. The SMILES string of the molecule is CN(Cc1cc(F)ccc1N)CC1CCCO1. The van der Waals surface area contributed by atoms with Crippen LogP contribution in [-0.2, 0) is 11.3 Å². The molecule has 0 spiro atoms. The van der Waals surface area contributed by atoms with Crippen molar-refractivity contribution in [2.45, 2.75) is 25.5 Å². The summed E-state index contributed by atoms with van der Waals surface area (Å²) in [5, 5.41) is 0. The Balaban J connectivity index is 1.92. The highest BCUT2D eigenvalue weighted by Gasteiger charge is 2.17. The number of nitrogen functional groups attached to an aromatic ring is 1. The van der Waals surface area contributed by atoms with Crippen molar-refractivity contribution in [1.82, 2.24) is 4.90 Å². The fourth-order valence-corrected chi connectivity index (χ4v) is 2.20. The second kappa shape index (κ2) is 5.47. The molecule has 0 aromatic heterocycles. The molecule has 0 saturated carbocycles. The van der Waals surface area contributed by atoms with E-state index in [9.17, 15) is 4.39 Å². The van der Waals surface area contributed by atoms with E-state index in [2.05, 4.69) is 4.90 Å². The first-order valence-corrected chi connectivity index (χ1v) is 5.99. The minimum Gasteiger partial charge on any atom is -0.398 e. The number of hydrogen-bond acceptors (Lipinski definition) is 3. The van der Waals surface area contributed by atoms with Gasteiger partial charge in [0.05, 0.1) is 6.10 Å². The molecule has 1 saturated heterocycles. The largest absolute Gasteiger partial charge is 0.398 e. The average Bonchev–Trinajstić information content (AvgIpc) is 2.76. The highest BCUT2D eigenvalue weighted by molar-refractivity contribution is 5.46. The third-order valence-corrected chi connectivity index (χ3v) is 3.08. The lowest BCUT2D eigenvalue weighted by Crippen LogP contribution is -2.28. The third kappa shape index (κ3) is 3.41. The predicted octanol–water partition coefficient (Wildman–Crippen LogP) is 2.02. The van der Waals surface area contributed by atoms with E-state index in [1.54, 1.807) is 6.07 Å². The molecule has 1 unspecified atom stereocenters. The minimum absolute atomic E-state index is 0.236. The quantitative estimate of drug-likeness (QED) is 0.816. The molecule has 2 N–H and O–H groups in total. The van der Waals surface area contributed by atoms with Gasteiger partial charge < -0.3 is 10.5 Å². The molecule has 1 aromatic rings. The summed E-state index contributed by atoms with van der Waals surface area (Å²) >= 11 is 0. The van der Waals surface area contributed by atoms with E-state index < -0.39 is 0 Å². The zero-order valence-electron chi connectivity index (χ0n) is 10.2. The van der Waals surface area contributed by atoms with Crippen LogP contribution in [0.25, 0.3) is 0 Å². The molecule has 1 atom stereocenters. The summed E-state index contributed by atoms with van der Waals surface area (Å²) in [6.45, 7) is 2.39. The zero-order valence-corrected chi connectivity index (χ0v) is 10.2. The van der Waals surface area contributed by atoms with Gasteiger partial charge in [-0.15, -0.1) is 0 Å². The molecule has 1 heterocycles. The molecule has 0 aliphatic carbocycles. The van der Waals surface area contributed by atoms with Crippen LogP contribution in [0.1, 0.15) is 18.4 Å². The number of halogens is 1. The van der Waals surface area contributed by atoms with Crippen molar-refractivity contribution in [1.29, 1.82) is 0 Å². The van der Waals surface area contributed by atoms with Gasteiger partial charge in [-0.05, 0) is 43.7 Å². The lowest BCUT2D eigenvalue weighted by atomic mass is 10.1. The van der Waals surface area contributed by atoms with Crippen LogP contribution in [0.15, 0.2) is 18.2 Å². The third-order valence-electron chi connectivity index (χ3n) is 3.08. The van der Waals surface area contributed by atoms with Gasteiger partial charge in [0.1, 0.15) is 5.82 Å². The molecule has 3 nitrogen and oxygen atoms in total. The van der Waals surface area contributed by atoms with Crippen molar-refractivity contribution < 1.29 is 9.13 Å². The lowest BCUT2D eigenvalue weighted by Gasteiger charge is -2.21. The van der Waals surface area contributed by atoms with Crippen LogP contribution >= 0.6 is 0 Å². The lowest BCUT2D eigenvalue weighted by molar-refractivity contribution is 0.0793. The number of nitrogens with two attached hydrogens (primary N) is 1. The Morgan fingerprint density at radius 1 is 1.53 bits per heavy atom. The van der Waals surface area contributed by atoms with E-state index in [-0.39, 0.29) is 5.82 Å². The van der Waals surface area contributed by atoms with Crippen LogP contribution in [0.2, 0.25) is 0 Å². The van der Waals surface area contributed by atoms with Crippen molar-refractivity contribution in [2.75, 3.05) is 25.9 Å². The summed E-state index contributed by atoms with van der Waals surface area (Å²) in [6.07, 6.45) is 2.57. The van der Waals surface area contributed by atoms with Crippen molar-refractivity contribution in [3.05, 3.63) is 29.6 Å². The first-order valence-electron chi connectivity index (χ1n) is 5.99. The Labute approximate surface area is 101 Å². The number of anilines is 1. The van der Waals surface area contributed by atoms with E-state index in [0.717, 1.165) is 31.6 Å². The summed E-state index contributed by atoms with van der Waals surface area (Å²) in [5.41, 5.74) is 7.30. The Morgan fingerprint density at radius 2 is 2.35 bits per heavy atom. The molecule has 0 bridgehead atoms. The number of hydrogen-bond donors (Lipinski definition) is 1. The summed E-state index contributed by atoms with van der Waals surface area (Å²) in [4.78, 5) is 2.13. The number of likely N-dealkylation sites (N-methyl/N-ethyl adjacent to an activating group) is 1. The molecule has 0 amide bonds. The zero-order chi connectivity index (χ0) is 12.3. The first kappa shape index (κ1) is 12.3. The summed E-state index contributed by atoms with van der Waals surface area (Å²) in [5.74, 6) is -0.236. The maximum Gasteiger partial charge on any atom is 0.123 e. The van der Waals surface area contributed by atoms with E-state index in [4.69, 9.17) is 10.5 Å². The maximum absolute atomic E-state index is 13.1. The average molecular weight is 238 g/mol. The van der Waals surface area contributed by atoms with Crippen LogP contribution in [0, 0.1) is 5.82 Å². The Bertz CT molecular complexity index is 378. The highest BCUT2D eigenvalue weighted by Crippen LogP contribution is 2.17. The van der Waals surface area contributed by atoms with E-state index in [1.165, 1.54) is 12.1 Å². The van der Waals surface area contributed by atoms with Crippen LogP contribution in [0.5, 0.6) is 0 Å². The Kier molecular flexibility index (Phi) is 3.97. The number of ether oxygens (including phenoxy) is 1. The van der Waals surface area contributed by atoms with E-state index in [0.29, 0.717) is 18.3 Å². The smallest absolute Gasteiger partial charge is 0.123 e. The van der Waals surface area contributed by atoms with Gasteiger partial charge in [0.15, 0.2) is 0 Å². The standard InChI is InChI=1S/C13H19FN2O/c1-16(9-12-3-2-6-17-12)8-10-7-11(14)4-5-13(10)15/h4-5,7,12H,2-3,6,8-9,15H2,1H3. The summed E-state index contributed by atoms with van der Waals surface area (Å²) in [7, 11) is 2.01.